The second kappa shape index (κ2) is 6.66. The van der Waals surface area contributed by atoms with Crippen LogP contribution < -0.4 is 5.32 Å². The second-order valence-electron chi connectivity index (χ2n) is 4.94. The molecule has 1 amide bonds. The summed E-state index contributed by atoms with van der Waals surface area (Å²) in [5.41, 5.74) is 1.79. The molecule has 0 fully saturated rings. The van der Waals surface area contributed by atoms with Gasteiger partial charge < -0.3 is 5.32 Å². The summed E-state index contributed by atoms with van der Waals surface area (Å²) in [5.74, 6) is 0.799. The van der Waals surface area contributed by atoms with Crippen molar-refractivity contribution in [2.24, 2.45) is 7.05 Å². The van der Waals surface area contributed by atoms with Crippen LogP contribution in [-0.4, -0.2) is 36.2 Å². The molecule has 2 heterocycles. The highest BCUT2D eigenvalue weighted by atomic mass is 32.2. The summed E-state index contributed by atoms with van der Waals surface area (Å²) in [6.45, 7) is 1.88. The Kier molecular flexibility index (Phi) is 4.42. The van der Waals surface area contributed by atoms with Gasteiger partial charge in [0.15, 0.2) is 0 Å². The quantitative estimate of drug-likeness (QED) is 0.725. The van der Waals surface area contributed by atoms with Crippen LogP contribution in [0.5, 0.6) is 0 Å². The lowest BCUT2D eigenvalue weighted by Gasteiger charge is -2.03. The lowest BCUT2D eigenvalue weighted by atomic mass is 10.3. The summed E-state index contributed by atoms with van der Waals surface area (Å²) < 4.78 is 3.32. The number of para-hydroxylation sites is 1. The first-order chi connectivity index (χ1) is 11.1. The minimum atomic E-state index is -0.117. The van der Waals surface area contributed by atoms with Crippen molar-refractivity contribution < 1.29 is 4.79 Å². The Hall–Kier alpha value is -2.61. The van der Waals surface area contributed by atoms with Gasteiger partial charge in [-0.3, -0.25) is 9.48 Å². The minimum absolute atomic E-state index is 0.117. The molecule has 1 aromatic carbocycles. The average Bonchev–Trinajstić information content (AvgIpc) is 3.13. The number of thioether (sulfide) groups is 1. The van der Waals surface area contributed by atoms with E-state index in [0.717, 1.165) is 11.4 Å². The Morgan fingerprint density at radius 2 is 2.04 bits per heavy atom. The molecule has 0 aliphatic heterocycles. The molecule has 0 aliphatic rings. The van der Waals surface area contributed by atoms with Crippen molar-refractivity contribution in [1.82, 2.24) is 24.5 Å². The molecule has 0 atom stereocenters. The van der Waals surface area contributed by atoms with E-state index in [0.29, 0.717) is 11.0 Å². The molecule has 0 radical (unpaired) electrons. The molecule has 2 aromatic heterocycles. The van der Waals surface area contributed by atoms with Gasteiger partial charge in [0.25, 0.3) is 0 Å². The van der Waals surface area contributed by atoms with Crippen molar-refractivity contribution >= 4 is 23.5 Å². The van der Waals surface area contributed by atoms with E-state index in [-0.39, 0.29) is 11.7 Å². The van der Waals surface area contributed by atoms with Crippen LogP contribution in [0, 0.1) is 6.92 Å². The number of anilines is 1. The van der Waals surface area contributed by atoms with Crippen molar-refractivity contribution in [1.29, 1.82) is 0 Å². The Balaban J connectivity index is 1.57. The fourth-order valence-corrected chi connectivity index (χ4v) is 2.66. The SMILES string of the molecule is Cc1cc(NC(=O)CSc2ncn(-c3ccccc3)n2)n(C)n1. The van der Waals surface area contributed by atoms with Crippen LogP contribution >= 0.6 is 11.8 Å². The highest BCUT2D eigenvalue weighted by Crippen LogP contribution is 2.15. The number of nitrogens with zero attached hydrogens (tertiary/aromatic N) is 5. The van der Waals surface area contributed by atoms with Gasteiger partial charge in [-0.25, -0.2) is 9.67 Å². The third kappa shape index (κ3) is 3.78. The molecule has 0 unspecified atom stereocenters. The number of aromatic nitrogens is 5. The first kappa shape index (κ1) is 15.3. The van der Waals surface area contributed by atoms with Crippen molar-refractivity contribution in [2.75, 3.05) is 11.1 Å². The molecule has 8 heteroatoms. The Bertz CT molecular complexity index is 810. The van der Waals surface area contributed by atoms with Crippen molar-refractivity contribution in [2.45, 2.75) is 12.1 Å². The van der Waals surface area contributed by atoms with Gasteiger partial charge in [-0.05, 0) is 19.1 Å². The number of hydrogen-bond donors (Lipinski definition) is 1. The number of carbonyl (C=O) groups excluding carboxylic acids is 1. The second-order valence-corrected chi connectivity index (χ2v) is 5.88. The van der Waals surface area contributed by atoms with E-state index in [1.807, 2.05) is 43.3 Å². The zero-order chi connectivity index (χ0) is 16.2. The Morgan fingerprint density at radius 3 is 2.74 bits per heavy atom. The molecule has 0 spiro atoms. The van der Waals surface area contributed by atoms with Gasteiger partial charge >= 0.3 is 0 Å². The van der Waals surface area contributed by atoms with Crippen LogP contribution in [0.2, 0.25) is 0 Å². The van der Waals surface area contributed by atoms with Crippen LogP contribution in [0.4, 0.5) is 5.82 Å². The predicted molar refractivity (Wildman–Crippen MR) is 88.7 cm³/mol. The van der Waals surface area contributed by atoms with E-state index in [1.54, 1.807) is 22.7 Å². The van der Waals surface area contributed by atoms with E-state index in [4.69, 9.17) is 0 Å². The Labute approximate surface area is 137 Å². The molecule has 0 bridgehead atoms. The fourth-order valence-electron chi connectivity index (χ4n) is 2.06. The lowest BCUT2D eigenvalue weighted by Crippen LogP contribution is -2.16. The van der Waals surface area contributed by atoms with Gasteiger partial charge in [-0.2, -0.15) is 5.10 Å². The predicted octanol–water partition coefficient (Wildman–Crippen LogP) is 2.04. The van der Waals surface area contributed by atoms with Crippen LogP contribution in [0.15, 0.2) is 47.9 Å². The third-order valence-corrected chi connectivity index (χ3v) is 3.95. The van der Waals surface area contributed by atoms with E-state index < -0.39 is 0 Å². The molecule has 118 valence electrons. The van der Waals surface area contributed by atoms with Gasteiger partial charge in [0, 0.05) is 13.1 Å². The first-order valence-corrected chi connectivity index (χ1v) is 8.01. The summed E-state index contributed by atoms with van der Waals surface area (Å²) >= 11 is 1.29. The summed E-state index contributed by atoms with van der Waals surface area (Å²) in [7, 11) is 1.79. The van der Waals surface area contributed by atoms with Gasteiger partial charge in [-0.15, -0.1) is 5.10 Å². The van der Waals surface area contributed by atoms with Crippen LogP contribution in [-0.2, 0) is 11.8 Å². The van der Waals surface area contributed by atoms with Crippen LogP contribution in [0.25, 0.3) is 5.69 Å². The minimum Gasteiger partial charge on any atom is -0.310 e. The summed E-state index contributed by atoms with van der Waals surface area (Å²) in [4.78, 5) is 16.2. The fraction of sp³-hybridized carbons (Fsp3) is 0.200. The van der Waals surface area contributed by atoms with E-state index in [9.17, 15) is 4.79 Å². The van der Waals surface area contributed by atoms with Crippen molar-refractivity contribution in [3.8, 4) is 5.69 Å². The van der Waals surface area contributed by atoms with Crippen LogP contribution in [0.3, 0.4) is 0 Å². The molecule has 3 rings (SSSR count). The smallest absolute Gasteiger partial charge is 0.235 e. The summed E-state index contributed by atoms with van der Waals surface area (Å²) in [6.07, 6.45) is 1.64. The normalized spacial score (nSPS) is 10.7. The highest BCUT2D eigenvalue weighted by Gasteiger charge is 2.10. The van der Waals surface area contributed by atoms with Gasteiger partial charge in [-0.1, -0.05) is 30.0 Å². The van der Waals surface area contributed by atoms with Gasteiger partial charge in [0.2, 0.25) is 11.1 Å². The maximum absolute atomic E-state index is 12.0. The number of rotatable bonds is 5. The van der Waals surface area contributed by atoms with Crippen molar-refractivity contribution in [3.05, 3.63) is 48.4 Å². The first-order valence-electron chi connectivity index (χ1n) is 7.02. The van der Waals surface area contributed by atoms with Gasteiger partial charge in [0.05, 0.1) is 17.1 Å². The largest absolute Gasteiger partial charge is 0.310 e. The van der Waals surface area contributed by atoms with E-state index in [1.165, 1.54) is 11.8 Å². The molecular formula is C15H16N6OS. The Morgan fingerprint density at radius 1 is 1.26 bits per heavy atom. The molecule has 23 heavy (non-hydrogen) atoms. The third-order valence-electron chi connectivity index (χ3n) is 3.09. The van der Waals surface area contributed by atoms with Gasteiger partial charge in [0.1, 0.15) is 12.1 Å². The number of carbonyl (C=O) groups is 1. The monoisotopic (exact) mass is 328 g/mol. The van der Waals surface area contributed by atoms with Crippen molar-refractivity contribution in [3.63, 3.8) is 0 Å². The molecule has 0 saturated carbocycles. The summed E-state index contributed by atoms with van der Waals surface area (Å²) in [6, 6.07) is 11.5. The zero-order valence-electron chi connectivity index (χ0n) is 12.8. The highest BCUT2D eigenvalue weighted by molar-refractivity contribution is 7.99. The molecule has 0 saturated heterocycles. The summed E-state index contributed by atoms with van der Waals surface area (Å²) in [5, 5.41) is 11.9. The molecule has 7 nitrogen and oxygen atoms in total. The average molecular weight is 328 g/mol. The zero-order valence-corrected chi connectivity index (χ0v) is 13.6. The number of nitrogens with one attached hydrogen (secondary N) is 1. The number of hydrogen-bond acceptors (Lipinski definition) is 5. The molecule has 1 N–H and O–H groups in total. The topological polar surface area (TPSA) is 77.6 Å². The van der Waals surface area contributed by atoms with E-state index in [2.05, 4.69) is 20.5 Å². The maximum atomic E-state index is 12.0. The van der Waals surface area contributed by atoms with E-state index >= 15 is 0 Å². The maximum Gasteiger partial charge on any atom is 0.235 e. The molecule has 3 aromatic rings. The standard InChI is InChI=1S/C15H16N6OS/c1-11-8-13(20(2)18-11)17-14(22)9-23-15-16-10-21(19-15)12-6-4-3-5-7-12/h3-8,10H,9H2,1-2H3,(H,17,22). The number of benzene rings is 1. The lowest BCUT2D eigenvalue weighted by molar-refractivity contribution is -0.113. The van der Waals surface area contributed by atoms with Crippen LogP contribution in [0.1, 0.15) is 5.69 Å². The molecule has 0 aliphatic carbocycles. The molecular weight excluding hydrogens is 312 g/mol. The number of aryl methyl sites for hydroxylation is 2. The number of amides is 1.